The van der Waals surface area contributed by atoms with Crippen molar-refractivity contribution in [3.8, 4) is 0 Å². The summed E-state index contributed by atoms with van der Waals surface area (Å²) in [5, 5.41) is 0.485. The van der Waals surface area contributed by atoms with Crippen LogP contribution in [-0.2, 0) is 15.9 Å². The predicted octanol–water partition coefficient (Wildman–Crippen LogP) is 3.21. The number of rotatable bonds is 3. The number of para-hydroxylation sites is 1. The zero-order valence-corrected chi connectivity index (χ0v) is 10.9. The van der Waals surface area contributed by atoms with Crippen LogP contribution in [0, 0.1) is 0 Å². The summed E-state index contributed by atoms with van der Waals surface area (Å²) in [6.07, 6.45) is 1.70. The van der Waals surface area contributed by atoms with Gasteiger partial charge in [0, 0.05) is 10.4 Å². The van der Waals surface area contributed by atoms with E-state index < -0.39 is 0 Å². The number of hydrogen-bond donors (Lipinski definition) is 0. The molecule has 5 heteroatoms. The highest BCUT2D eigenvalue weighted by Crippen LogP contribution is 2.30. The van der Waals surface area contributed by atoms with Gasteiger partial charge in [-0.25, -0.2) is 4.98 Å². The molecule has 3 nitrogen and oxygen atoms in total. The molecule has 0 saturated carbocycles. The molecule has 3 aromatic rings. The van der Waals surface area contributed by atoms with Gasteiger partial charge in [0.05, 0.1) is 10.2 Å². The molecule has 3 rings (SSSR count). The van der Waals surface area contributed by atoms with Crippen LogP contribution in [0.1, 0.15) is 16.0 Å². The summed E-state index contributed by atoms with van der Waals surface area (Å²) in [4.78, 5) is 8.76. The largest absolute Gasteiger partial charge is 0.476 e. The molecule has 0 spiro atoms. The summed E-state index contributed by atoms with van der Waals surface area (Å²) in [7, 11) is 0. The molecule has 0 N–H and O–H groups in total. The first-order valence-electron chi connectivity index (χ1n) is 5.43. The highest BCUT2D eigenvalue weighted by molar-refractivity contribution is 7.66. The molecule has 1 atom stereocenters. The molecule has 0 saturated heterocycles. The Kier molecular flexibility index (Phi) is 3.08. The van der Waals surface area contributed by atoms with Crippen molar-refractivity contribution in [2.75, 3.05) is 0 Å². The minimum Gasteiger partial charge on any atom is -0.255 e. The maximum absolute atomic E-state index is 11.4. The van der Waals surface area contributed by atoms with E-state index in [4.69, 9.17) is 0 Å². The van der Waals surface area contributed by atoms with Crippen LogP contribution >= 0.6 is 11.3 Å². The predicted molar refractivity (Wildman–Crippen MR) is 73.8 cm³/mol. The Bertz CT molecular complexity index is 649. The summed E-state index contributed by atoms with van der Waals surface area (Å²) in [5.41, 5.74) is 1.70. The number of hydrogen-bond acceptors (Lipinski definition) is 4. The third kappa shape index (κ3) is 2.02. The molecule has 0 radical (unpaired) electrons. The van der Waals surface area contributed by atoms with Crippen LogP contribution in [0.15, 0.2) is 48.7 Å². The van der Waals surface area contributed by atoms with Crippen molar-refractivity contribution in [3.63, 3.8) is 0 Å². The van der Waals surface area contributed by atoms with E-state index in [2.05, 4.69) is 9.97 Å². The number of fused-ring (bicyclic) bond motifs is 1. The van der Waals surface area contributed by atoms with E-state index in [0.717, 1.165) is 20.9 Å². The van der Waals surface area contributed by atoms with Crippen molar-refractivity contribution >= 4 is 33.2 Å². The van der Waals surface area contributed by atoms with Gasteiger partial charge in [0.2, 0.25) is 0 Å². The molecule has 0 fully saturated rings. The van der Waals surface area contributed by atoms with Crippen LogP contribution in [0.3, 0.4) is 0 Å². The zero-order valence-electron chi connectivity index (χ0n) is 9.32. The van der Waals surface area contributed by atoms with E-state index >= 15 is 0 Å². The Morgan fingerprint density at radius 1 is 1.11 bits per heavy atom. The fourth-order valence-electron chi connectivity index (χ4n) is 1.75. The van der Waals surface area contributed by atoms with Crippen LogP contribution in [-0.4, -0.2) is 9.97 Å². The molecule has 0 amide bonds. The lowest BCUT2D eigenvalue weighted by molar-refractivity contribution is 0.601. The van der Waals surface area contributed by atoms with Crippen molar-refractivity contribution in [3.05, 3.63) is 59.4 Å². The molecule has 88 valence electrons. The van der Waals surface area contributed by atoms with Crippen molar-refractivity contribution in [2.24, 2.45) is 0 Å². The average Bonchev–Trinajstić information content (AvgIpc) is 2.84. The standard InChI is InChI=1S/C13H9N2OS2/c16-18-12(10-6-3-4-8-14-10)13-15-9-5-1-2-7-11(9)17-13/h1-8,12H/q+1. The third-order valence-corrected chi connectivity index (χ3v) is 4.50. The normalized spacial score (nSPS) is 12.4. The molecule has 0 aliphatic carbocycles. The Morgan fingerprint density at radius 2 is 1.94 bits per heavy atom. The van der Waals surface area contributed by atoms with Crippen molar-refractivity contribution in [2.45, 2.75) is 5.25 Å². The molecular formula is C13H9N2OS2+. The van der Waals surface area contributed by atoms with E-state index in [-0.39, 0.29) is 5.25 Å². The topological polar surface area (TPSA) is 42.9 Å². The van der Waals surface area contributed by atoms with Gasteiger partial charge in [-0.1, -0.05) is 18.2 Å². The first-order chi connectivity index (χ1) is 8.88. The highest BCUT2D eigenvalue weighted by atomic mass is 32.1. The van der Waals surface area contributed by atoms with E-state index in [9.17, 15) is 4.21 Å². The fraction of sp³-hybridized carbons (Fsp3) is 0.0769. The maximum Gasteiger partial charge on any atom is 0.476 e. The van der Waals surface area contributed by atoms with Gasteiger partial charge in [-0.2, -0.15) is 0 Å². The number of thiazole rings is 1. The number of aromatic nitrogens is 2. The Labute approximate surface area is 112 Å². The maximum atomic E-state index is 11.4. The monoisotopic (exact) mass is 273 g/mol. The number of nitrogens with zero attached hydrogens (tertiary/aromatic N) is 2. The summed E-state index contributed by atoms with van der Waals surface area (Å²) < 4.78 is 12.5. The van der Waals surface area contributed by atoms with Gasteiger partial charge in [0.1, 0.15) is 5.69 Å². The van der Waals surface area contributed by atoms with Crippen LogP contribution < -0.4 is 0 Å². The van der Waals surface area contributed by atoms with Gasteiger partial charge in [0.15, 0.2) is 5.01 Å². The first kappa shape index (κ1) is 11.4. The van der Waals surface area contributed by atoms with Gasteiger partial charge in [-0.3, -0.25) is 4.98 Å². The van der Waals surface area contributed by atoms with Crippen molar-refractivity contribution < 1.29 is 4.21 Å². The first-order valence-corrected chi connectivity index (χ1v) is 7.05. The fourth-order valence-corrected chi connectivity index (χ4v) is 3.35. The average molecular weight is 273 g/mol. The smallest absolute Gasteiger partial charge is 0.255 e. The van der Waals surface area contributed by atoms with E-state index in [1.807, 2.05) is 42.5 Å². The lowest BCUT2D eigenvalue weighted by Gasteiger charge is -1.95. The van der Waals surface area contributed by atoms with Crippen LogP contribution in [0.4, 0.5) is 0 Å². The van der Waals surface area contributed by atoms with Crippen molar-refractivity contribution in [1.29, 1.82) is 0 Å². The molecule has 1 unspecified atom stereocenters. The van der Waals surface area contributed by atoms with Gasteiger partial charge < -0.3 is 0 Å². The van der Waals surface area contributed by atoms with Gasteiger partial charge in [-0.05, 0) is 24.3 Å². The van der Waals surface area contributed by atoms with E-state index in [1.54, 1.807) is 17.5 Å². The lowest BCUT2D eigenvalue weighted by atomic mass is 10.3. The second-order valence-corrected chi connectivity index (χ2v) is 5.48. The Hall–Kier alpha value is -1.72. The van der Waals surface area contributed by atoms with Gasteiger partial charge in [-0.15, -0.1) is 11.3 Å². The highest BCUT2D eigenvalue weighted by Gasteiger charge is 2.31. The molecule has 1 aromatic carbocycles. The zero-order chi connectivity index (χ0) is 12.4. The molecule has 0 aliphatic rings. The SMILES string of the molecule is O=[S+]C(c1ccccn1)c1nc2ccccc2s1. The van der Waals surface area contributed by atoms with Gasteiger partial charge in [0.25, 0.3) is 0 Å². The van der Waals surface area contributed by atoms with Crippen LogP contribution in [0.2, 0.25) is 0 Å². The van der Waals surface area contributed by atoms with Gasteiger partial charge >= 0.3 is 16.9 Å². The van der Waals surface area contributed by atoms with Crippen LogP contribution in [0.25, 0.3) is 10.2 Å². The molecular weight excluding hydrogens is 264 g/mol. The molecule has 18 heavy (non-hydrogen) atoms. The van der Waals surface area contributed by atoms with E-state index in [0.29, 0.717) is 11.7 Å². The van der Waals surface area contributed by atoms with Crippen molar-refractivity contribution in [1.82, 2.24) is 9.97 Å². The third-order valence-electron chi connectivity index (χ3n) is 2.59. The van der Waals surface area contributed by atoms with Crippen LogP contribution in [0.5, 0.6) is 0 Å². The minimum absolute atomic E-state index is 0.330. The molecule has 0 aliphatic heterocycles. The quantitative estimate of drug-likeness (QED) is 0.688. The summed E-state index contributed by atoms with van der Waals surface area (Å²) in [5.74, 6) is 0. The lowest BCUT2D eigenvalue weighted by Crippen LogP contribution is -2.00. The molecule has 2 heterocycles. The number of benzene rings is 1. The molecule has 0 bridgehead atoms. The minimum atomic E-state index is -0.330. The molecule has 2 aromatic heterocycles. The second-order valence-electron chi connectivity index (χ2n) is 3.75. The Balaban J connectivity index is 2.09. The second kappa shape index (κ2) is 4.88. The Morgan fingerprint density at radius 3 is 2.67 bits per heavy atom. The van der Waals surface area contributed by atoms with E-state index in [1.165, 1.54) is 0 Å². The number of pyridine rings is 1. The summed E-state index contributed by atoms with van der Waals surface area (Å²) in [6, 6.07) is 13.5. The summed E-state index contributed by atoms with van der Waals surface area (Å²) >= 11 is 2.08. The summed E-state index contributed by atoms with van der Waals surface area (Å²) in [6.45, 7) is 0.